The Morgan fingerprint density at radius 3 is 2.55 bits per heavy atom. The smallest absolute Gasteiger partial charge is 0.257 e. The zero-order valence-corrected chi connectivity index (χ0v) is 16.0. The molecule has 0 aromatic heterocycles. The maximum atomic E-state index is 12.5. The van der Waals surface area contributed by atoms with E-state index in [0.717, 1.165) is 12.8 Å². The molecule has 1 atom stereocenters. The second-order valence-corrected chi connectivity index (χ2v) is 6.14. The van der Waals surface area contributed by atoms with Crippen molar-refractivity contribution in [2.75, 3.05) is 19.7 Å². The number of ether oxygens (including phenoxy) is 1. The molecular formula is C19H26N4O6. The highest BCUT2D eigenvalue weighted by Gasteiger charge is 2.22. The summed E-state index contributed by atoms with van der Waals surface area (Å²) in [6, 6.07) is 3.23. The quantitative estimate of drug-likeness (QED) is 0.233. The van der Waals surface area contributed by atoms with Gasteiger partial charge in [-0.15, -0.1) is 0 Å². The Bertz CT molecular complexity index is 737. The average Bonchev–Trinajstić information content (AvgIpc) is 2.71. The molecule has 158 valence electrons. The third kappa shape index (κ3) is 8.09. The Balaban J connectivity index is 2.81. The molecule has 0 saturated heterocycles. The van der Waals surface area contributed by atoms with Crippen molar-refractivity contribution in [3.63, 3.8) is 0 Å². The fourth-order valence-electron chi connectivity index (χ4n) is 2.44. The minimum absolute atomic E-state index is 0.0396. The summed E-state index contributed by atoms with van der Waals surface area (Å²) in [6.45, 7) is 0.658. The predicted octanol–water partition coefficient (Wildman–Crippen LogP) is -0.704. The van der Waals surface area contributed by atoms with Crippen molar-refractivity contribution in [2.45, 2.75) is 31.7 Å². The summed E-state index contributed by atoms with van der Waals surface area (Å²) in [6.07, 6.45) is 2.64. The monoisotopic (exact) mass is 406 g/mol. The van der Waals surface area contributed by atoms with Crippen LogP contribution >= 0.6 is 0 Å². The largest absolute Gasteiger partial charge is 0.483 e. The fourth-order valence-corrected chi connectivity index (χ4v) is 2.44. The van der Waals surface area contributed by atoms with Crippen molar-refractivity contribution in [3.05, 3.63) is 29.3 Å². The zero-order valence-electron chi connectivity index (χ0n) is 16.0. The maximum absolute atomic E-state index is 12.5. The first kappa shape index (κ1) is 23.8. The van der Waals surface area contributed by atoms with E-state index in [9.17, 15) is 24.0 Å². The molecule has 0 aliphatic rings. The van der Waals surface area contributed by atoms with E-state index in [4.69, 9.17) is 16.2 Å². The lowest BCUT2D eigenvalue weighted by molar-refractivity contribution is -0.123. The van der Waals surface area contributed by atoms with E-state index >= 15 is 0 Å². The van der Waals surface area contributed by atoms with Crippen LogP contribution in [0, 0.1) is 0 Å². The molecule has 1 rings (SSSR count). The lowest BCUT2D eigenvalue weighted by atomic mass is 10.1. The molecule has 6 N–H and O–H groups in total. The Kier molecular flexibility index (Phi) is 10.7. The molecule has 0 bridgehead atoms. The van der Waals surface area contributed by atoms with E-state index in [1.807, 2.05) is 0 Å². The summed E-state index contributed by atoms with van der Waals surface area (Å²) in [5.74, 6) is -1.85. The summed E-state index contributed by atoms with van der Waals surface area (Å²) in [7, 11) is 0. The van der Waals surface area contributed by atoms with Crippen LogP contribution in [-0.2, 0) is 14.4 Å². The SMILES string of the molecule is NCCCCNC(=O)COc1cccc(C(=O)NC(CCC=O)C(N)=O)c1C=O. The van der Waals surface area contributed by atoms with E-state index in [0.29, 0.717) is 25.7 Å². The van der Waals surface area contributed by atoms with Crippen LogP contribution in [0.25, 0.3) is 0 Å². The minimum Gasteiger partial charge on any atom is -0.483 e. The number of hydrogen-bond donors (Lipinski definition) is 4. The number of amides is 3. The molecule has 10 heteroatoms. The molecular weight excluding hydrogens is 380 g/mol. The van der Waals surface area contributed by atoms with Gasteiger partial charge in [0.2, 0.25) is 5.91 Å². The summed E-state index contributed by atoms with van der Waals surface area (Å²) < 4.78 is 5.37. The number of nitrogens with one attached hydrogen (secondary N) is 2. The topological polar surface area (TPSA) is 171 Å². The fraction of sp³-hybridized carbons (Fsp3) is 0.421. The first-order valence-electron chi connectivity index (χ1n) is 9.16. The molecule has 0 aliphatic carbocycles. The van der Waals surface area contributed by atoms with Gasteiger partial charge in [-0.2, -0.15) is 0 Å². The van der Waals surface area contributed by atoms with Crippen molar-refractivity contribution in [1.29, 1.82) is 0 Å². The number of carbonyl (C=O) groups is 5. The molecule has 29 heavy (non-hydrogen) atoms. The van der Waals surface area contributed by atoms with Gasteiger partial charge in [-0.1, -0.05) is 6.07 Å². The highest BCUT2D eigenvalue weighted by atomic mass is 16.5. The predicted molar refractivity (Wildman–Crippen MR) is 104 cm³/mol. The molecule has 0 spiro atoms. The number of primary amides is 1. The summed E-state index contributed by atoms with van der Waals surface area (Å²) >= 11 is 0. The number of unbranched alkanes of at least 4 members (excludes halogenated alkanes) is 1. The van der Waals surface area contributed by atoms with Crippen LogP contribution in [0.2, 0.25) is 0 Å². The number of nitrogens with two attached hydrogens (primary N) is 2. The highest BCUT2D eigenvalue weighted by molar-refractivity contribution is 6.04. The summed E-state index contributed by atoms with van der Waals surface area (Å²) in [4.78, 5) is 57.7. The van der Waals surface area contributed by atoms with E-state index in [-0.39, 0.29) is 42.2 Å². The van der Waals surface area contributed by atoms with Crippen molar-refractivity contribution in [3.8, 4) is 5.75 Å². The van der Waals surface area contributed by atoms with Gasteiger partial charge in [0.25, 0.3) is 11.8 Å². The number of benzene rings is 1. The Hall–Kier alpha value is -3.27. The molecule has 0 fully saturated rings. The van der Waals surface area contributed by atoms with Crippen LogP contribution in [0.5, 0.6) is 5.75 Å². The second-order valence-electron chi connectivity index (χ2n) is 6.14. The zero-order chi connectivity index (χ0) is 21.6. The standard InChI is InChI=1S/C19H26N4O6/c20-8-1-2-9-22-17(26)12-29-16-7-3-5-13(14(16)11-25)19(28)23-15(18(21)27)6-4-10-24/h3,5,7,10-11,15H,1-2,4,6,8-9,12,20H2,(H2,21,27)(H,22,26)(H,23,28). The Morgan fingerprint density at radius 1 is 1.17 bits per heavy atom. The third-order valence-corrected chi connectivity index (χ3v) is 3.96. The molecule has 0 aliphatic heterocycles. The van der Waals surface area contributed by atoms with Crippen molar-refractivity contribution in [2.24, 2.45) is 11.5 Å². The van der Waals surface area contributed by atoms with Gasteiger partial charge in [0, 0.05) is 13.0 Å². The van der Waals surface area contributed by atoms with Crippen molar-refractivity contribution in [1.82, 2.24) is 10.6 Å². The lowest BCUT2D eigenvalue weighted by Crippen LogP contribution is -2.44. The van der Waals surface area contributed by atoms with E-state index < -0.39 is 17.9 Å². The van der Waals surface area contributed by atoms with Gasteiger partial charge in [-0.3, -0.25) is 19.2 Å². The average molecular weight is 406 g/mol. The molecule has 1 unspecified atom stereocenters. The molecule has 0 saturated carbocycles. The van der Waals surface area contributed by atoms with Gasteiger partial charge >= 0.3 is 0 Å². The molecule has 1 aromatic carbocycles. The summed E-state index contributed by atoms with van der Waals surface area (Å²) in [5, 5.41) is 5.05. The van der Waals surface area contributed by atoms with Crippen molar-refractivity contribution >= 4 is 30.3 Å². The first-order chi connectivity index (χ1) is 13.9. The molecule has 1 aromatic rings. The van der Waals surface area contributed by atoms with Crippen LogP contribution < -0.4 is 26.8 Å². The lowest BCUT2D eigenvalue weighted by Gasteiger charge is -2.16. The van der Waals surface area contributed by atoms with Gasteiger partial charge < -0.3 is 31.6 Å². The van der Waals surface area contributed by atoms with Crippen LogP contribution in [0.1, 0.15) is 46.4 Å². The number of aldehydes is 2. The number of rotatable bonds is 14. The second kappa shape index (κ2) is 13.0. The van der Waals surface area contributed by atoms with Crippen molar-refractivity contribution < 1.29 is 28.7 Å². The summed E-state index contributed by atoms with van der Waals surface area (Å²) in [5.41, 5.74) is 10.5. The number of hydrogen-bond acceptors (Lipinski definition) is 7. The van der Waals surface area contributed by atoms with Crippen LogP contribution in [0.15, 0.2) is 18.2 Å². The van der Waals surface area contributed by atoms with Crippen LogP contribution in [0.4, 0.5) is 0 Å². The van der Waals surface area contributed by atoms with E-state index in [1.54, 1.807) is 0 Å². The third-order valence-electron chi connectivity index (χ3n) is 3.96. The van der Waals surface area contributed by atoms with Gasteiger partial charge in [0.15, 0.2) is 12.9 Å². The number of carbonyl (C=O) groups excluding carboxylic acids is 5. The molecule has 3 amide bonds. The van der Waals surface area contributed by atoms with Gasteiger partial charge in [-0.05, 0) is 37.9 Å². The van der Waals surface area contributed by atoms with Gasteiger partial charge in [-0.25, -0.2) is 0 Å². The van der Waals surface area contributed by atoms with Gasteiger partial charge in [0.05, 0.1) is 11.1 Å². The van der Waals surface area contributed by atoms with Crippen LogP contribution in [0.3, 0.4) is 0 Å². The Labute approximate surface area is 168 Å². The minimum atomic E-state index is -1.06. The highest BCUT2D eigenvalue weighted by Crippen LogP contribution is 2.21. The van der Waals surface area contributed by atoms with E-state index in [1.165, 1.54) is 18.2 Å². The van der Waals surface area contributed by atoms with Gasteiger partial charge in [0.1, 0.15) is 18.1 Å². The molecule has 10 nitrogen and oxygen atoms in total. The molecule has 0 radical (unpaired) electrons. The maximum Gasteiger partial charge on any atom is 0.257 e. The first-order valence-corrected chi connectivity index (χ1v) is 9.16. The van der Waals surface area contributed by atoms with Crippen LogP contribution in [-0.4, -0.2) is 56.0 Å². The normalized spacial score (nSPS) is 11.2. The Morgan fingerprint density at radius 2 is 1.93 bits per heavy atom. The van der Waals surface area contributed by atoms with E-state index in [2.05, 4.69) is 10.6 Å². The molecule has 0 heterocycles.